The van der Waals surface area contributed by atoms with Gasteiger partial charge in [0.05, 0.1) is 7.11 Å². The number of methoxy groups -OCH3 is 1. The SMILES string of the molecule is COc1ccccc1CC(C)(C)C(=O)NCCN1CCNCC1. The highest BCUT2D eigenvalue weighted by atomic mass is 16.5. The van der Waals surface area contributed by atoms with Gasteiger partial charge in [-0.15, -0.1) is 0 Å². The molecule has 0 saturated carbocycles. The second-order valence-corrected chi connectivity index (χ2v) is 6.72. The second kappa shape index (κ2) is 8.31. The average molecular weight is 319 g/mol. The number of para-hydroxylation sites is 1. The minimum Gasteiger partial charge on any atom is -0.496 e. The first-order valence-electron chi connectivity index (χ1n) is 8.36. The minimum absolute atomic E-state index is 0.0959. The maximum Gasteiger partial charge on any atom is 0.226 e. The van der Waals surface area contributed by atoms with Crippen LogP contribution in [0.2, 0.25) is 0 Å². The van der Waals surface area contributed by atoms with Crippen molar-refractivity contribution in [1.82, 2.24) is 15.5 Å². The van der Waals surface area contributed by atoms with Crippen molar-refractivity contribution >= 4 is 5.91 Å². The number of carbonyl (C=O) groups excluding carboxylic acids is 1. The van der Waals surface area contributed by atoms with Crippen molar-refractivity contribution in [3.8, 4) is 5.75 Å². The molecule has 23 heavy (non-hydrogen) atoms. The summed E-state index contributed by atoms with van der Waals surface area (Å²) in [5, 5.41) is 6.42. The summed E-state index contributed by atoms with van der Waals surface area (Å²) in [5.41, 5.74) is 0.607. The average Bonchev–Trinajstić information content (AvgIpc) is 2.56. The molecule has 2 N–H and O–H groups in total. The number of nitrogens with one attached hydrogen (secondary N) is 2. The topological polar surface area (TPSA) is 53.6 Å². The quantitative estimate of drug-likeness (QED) is 0.795. The molecule has 1 aromatic rings. The van der Waals surface area contributed by atoms with Gasteiger partial charge in [-0.3, -0.25) is 9.69 Å². The Hall–Kier alpha value is -1.59. The lowest BCUT2D eigenvalue weighted by Crippen LogP contribution is -2.47. The van der Waals surface area contributed by atoms with Gasteiger partial charge in [0, 0.05) is 44.7 Å². The number of carbonyl (C=O) groups is 1. The van der Waals surface area contributed by atoms with Crippen molar-refractivity contribution in [1.29, 1.82) is 0 Å². The first-order chi connectivity index (χ1) is 11.0. The predicted octanol–water partition coefficient (Wildman–Crippen LogP) is 1.29. The van der Waals surface area contributed by atoms with E-state index in [1.54, 1.807) is 7.11 Å². The Morgan fingerprint density at radius 3 is 2.70 bits per heavy atom. The molecule has 128 valence electrons. The van der Waals surface area contributed by atoms with Gasteiger partial charge < -0.3 is 15.4 Å². The van der Waals surface area contributed by atoms with Crippen molar-refractivity contribution in [3.05, 3.63) is 29.8 Å². The van der Waals surface area contributed by atoms with Crippen LogP contribution in [0.1, 0.15) is 19.4 Å². The molecule has 1 amide bonds. The molecule has 0 spiro atoms. The van der Waals surface area contributed by atoms with Crippen LogP contribution in [0.4, 0.5) is 0 Å². The summed E-state index contributed by atoms with van der Waals surface area (Å²) in [6, 6.07) is 7.89. The Kier molecular flexibility index (Phi) is 6.42. The van der Waals surface area contributed by atoms with E-state index in [0.29, 0.717) is 13.0 Å². The van der Waals surface area contributed by atoms with Crippen LogP contribution < -0.4 is 15.4 Å². The van der Waals surface area contributed by atoms with E-state index in [4.69, 9.17) is 4.74 Å². The molecular formula is C18H29N3O2. The Morgan fingerprint density at radius 2 is 2.00 bits per heavy atom. The van der Waals surface area contributed by atoms with Gasteiger partial charge in [0.15, 0.2) is 0 Å². The number of rotatable bonds is 7. The zero-order valence-corrected chi connectivity index (χ0v) is 14.5. The third-order valence-electron chi connectivity index (χ3n) is 4.36. The summed E-state index contributed by atoms with van der Waals surface area (Å²) < 4.78 is 5.39. The van der Waals surface area contributed by atoms with Crippen molar-refractivity contribution in [3.63, 3.8) is 0 Å². The van der Waals surface area contributed by atoms with E-state index >= 15 is 0 Å². The highest BCUT2D eigenvalue weighted by Crippen LogP contribution is 2.27. The van der Waals surface area contributed by atoms with E-state index in [1.807, 2.05) is 38.1 Å². The highest BCUT2D eigenvalue weighted by molar-refractivity contribution is 5.82. The van der Waals surface area contributed by atoms with Gasteiger partial charge >= 0.3 is 0 Å². The van der Waals surface area contributed by atoms with Crippen LogP contribution in [0, 0.1) is 5.41 Å². The van der Waals surface area contributed by atoms with Crippen molar-refractivity contribution in [2.75, 3.05) is 46.4 Å². The first kappa shape index (κ1) is 17.8. The van der Waals surface area contributed by atoms with Crippen LogP contribution in [-0.2, 0) is 11.2 Å². The van der Waals surface area contributed by atoms with Gasteiger partial charge in [-0.2, -0.15) is 0 Å². The zero-order valence-electron chi connectivity index (χ0n) is 14.5. The lowest BCUT2D eigenvalue weighted by molar-refractivity contribution is -0.129. The van der Waals surface area contributed by atoms with E-state index in [-0.39, 0.29) is 5.91 Å². The molecule has 0 unspecified atom stereocenters. The molecule has 1 heterocycles. The Morgan fingerprint density at radius 1 is 1.30 bits per heavy atom. The smallest absolute Gasteiger partial charge is 0.226 e. The molecule has 0 aliphatic carbocycles. The molecule has 1 fully saturated rings. The van der Waals surface area contributed by atoms with Gasteiger partial charge in [0.1, 0.15) is 5.75 Å². The van der Waals surface area contributed by atoms with Crippen LogP contribution in [-0.4, -0.2) is 57.2 Å². The van der Waals surface area contributed by atoms with Crippen molar-refractivity contribution in [2.24, 2.45) is 5.41 Å². The number of benzene rings is 1. The fourth-order valence-electron chi connectivity index (χ4n) is 2.91. The lowest BCUT2D eigenvalue weighted by Gasteiger charge is -2.28. The van der Waals surface area contributed by atoms with E-state index < -0.39 is 5.41 Å². The third-order valence-corrected chi connectivity index (χ3v) is 4.36. The summed E-state index contributed by atoms with van der Waals surface area (Å²) in [4.78, 5) is 14.9. The number of piperazine rings is 1. The molecule has 2 rings (SSSR count). The van der Waals surface area contributed by atoms with Crippen LogP contribution in [0.3, 0.4) is 0 Å². The fourth-order valence-corrected chi connectivity index (χ4v) is 2.91. The maximum absolute atomic E-state index is 12.5. The van der Waals surface area contributed by atoms with Gasteiger partial charge in [0.25, 0.3) is 0 Å². The van der Waals surface area contributed by atoms with Crippen LogP contribution >= 0.6 is 0 Å². The molecule has 5 heteroatoms. The molecule has 0 atom stereocenters. The number of nitrogens with zero attached hydrogens (tertiary/aromatic N) is 1. The Labute approximate surface area is 139 Å². The number of amides is 1. The molecule has 0 aromatic heterocycles. The molecule has 0 bridgehead atoms. The van der Waals surface area contributed by atoms with Crippen LogP contribution in [0.25, 0.3) is 0 Å². The molecule has 0 radical (unpaired) electrons. The minimum atomic E-state index is -0.460. The molecular weight excluding hydrogens is 290 g/mol. The standard InChI is InChI=1S/C18H29N3O2/c1-18(2,14-15-6-4-5-7-16(15)23-3)17(22)20-10-13-21-11-8-19-9-12-21/h4-7,19H,8-14H2,1-3H3,(H,20,22). The molecule has 1 saturated heterocycles. The monoisotopic (exact) mass is 319 g/mol. The van der Waals surface area contributed by atoms with Gasteiger partial charge in [-0.1, -0.05) is 32.0 Å². The van der Waals surface area contributed by atoms with Crippen LogP contribution in [0.5, 0.6) is 5.75 Å². The normalized spacial score (nSPS) is 16.1. The zero-order chi connectivity index (χ0) is 16.7. The molecule has 1 aliphatic rings. The lowest BCUT2D eigenvalue weighted by atomic mass is 9.84. The number of hydrogen-bond acceptors (Lipinski definition) is 4. The van der Waals surface area contributed by atoms with E-state index in [9.17, 15) is 4.79 Å². The van der Waals surface area contributed by atoms with Crippen molar-refractivity contribution < 1.29 is 9.53 Å². The van der Waals surface area contributed by atoms with Gasteiger partial charge in [-0.25, -0.2) is 0 Å². The third kappa shape index (κ3) is 5.22. The van der Waals surface area contributed by atoms with Gasteiger partial charge in [-0.05, 0) is 18.1 Å². The van der Waals surface area contributed by atoms with Gasteiger partial charge in [0.2, 0.25) is 5.91 Å². The van der Waals surface area contributed by atoms with Crippen molar-refractivity contribution in [2.45, 2.75) is 20.3 Å². The second-order valence-electron chi connectivity index (χ2n) is 6.72. The van der Waals surface area contributed by atoms with E-state index in [2.05, 4.69) is 15.5 Å². The number of ether oxygens (including phenoxy) is 1. The van der Waals surface area contributed by atoms with E-state index in [1.165, 1.54) is 0 Å². The number of hydrogen-bond donors (Lipinski definition) is 2. The highest BCUT2D eigenvalue weighted by Gasteiger charge is 2.28. The predicted molar refractivity (Wildman–Crippen MR) is 92.8 cm³/mol. The first-order valence-corrected chi connectivity index (χ1v) is 8.36. The molecule has 5 nitrogen and oxygen atoms in total. The largest absolute Gasteiger partial charge is 0.496 e. The summed E-state index contributed by atoms with van der Waals surface area (Å²) in [5.74, 6) is 0.938. The van der Waals surface area contributed by atoms with Crippen LogP contribution in [0.15, 0.2) is 24.3 Å². The summed E-state index contributed by atoms with van der Waals surface area (Å²) in [6.07, 6.45) is 0.663. The summed E-state index contributed by atoms with van der Waals surface area (Å²) in [7, 11) is 1.67. The Bertz CT molecular complexity index is 511. The van der Waals surface area contributed by atoms with E-state index in [0.717, 1.165) is 44.0 Å². The fraction of sp³-hybridized carbons (Fsp3) is 0.611. The maximum atomic E-state index is 12.5. The molecule has 1 aliphatic heterocycles. The Balaban J connectivity index is 1.84. The summed E-state index contributed by atoms with van der Waals surface area (Å²) >= 11 is 0. The summed E-state index contributed by atoms with van der Waals surface area (Å²) in [6.45, 7) is 9.77. The molecule has 1 aromatic carbocycles.